The lowest BCUT2D eigenvalue weighted by molar-refractivity contribution is 0.675. The largest absolute Gasteiger partial charge is 0.295 e. The summed E-state index contributed by atoms with van der Waals surface area (Å²) >= 11 is 0. The zero-order valence-corrected chi connectivity index (χ0v) is 11.4. The molecule has 0 aliphatic carbocycles. The maximum Gasteiger partial charge on any atom is 0.274 e. The number of hydrogen-bond donors (Lipinski definition) is 1. The van der Waals surface area contributed by atoms with Crippen molar-refractivity contribution < 1.29 is 0 Å². The molecule has 3 aromatic carbocycles. The maximum atomic E-state index is 12.4. The zero-order chi connectivity index (χ0) is 14.2. The van der Waals surface area contributed by atoms with Crippen LogP contribution in [0.1, 0.15) is 5.56 Å². The first-order valence-electron chi connectivity index (χ1n) is 6.97. The summed E-state index contributed by atoms with van der Waals surface area (Å²) in [6.07, 6.45) is 0. The second-order valence-corrected chi connectivity index (χ2v) is 5.19. The molecule has 0 unspecified atom stereocenters. The highest BCUT2D eigenvalue weighted by molar-refractivity contribution is 5.85. The summed E-state index contributed by atoms with van der Waals surface area (Å²) in [7, 11) is 0. The third-order valence-corrected chi connectivity index (χ3v) is 3.87. The highest BCUT2D eigenvalue weighted by Crippen LogP contribution is 2.19. The molecule has 0 atom stereocenters. The Morgan fingerprint density at radius 3 is 2.38 bits per heavy atom. The normalized spacial score (nSPS) is 11.2. The molecule has 4 rings (SSSR count). The number of benzene rings is 3. The van der Waals surface area contributed by atoms with Gasteiger partial charge >= 0.3 is 0 Å². The Kier molecular flexibility index (Phi) is 2.64. The Morgan fingerprint density at radius 1 is 0.810 bits per heavy atom. The van der Waals surface area contributed by atoms with Gasteiger partial charge in [0.1, 0.15) is 0 Å². The SMILES string of the molecule is O=c1c2ccccc2[nH]n1Cc1cccc2ccccc12. The molecule has 0 aliphatic rings. The molecule has 0 saturated carbocycles. The molecule has 1 aromatic heterocycles. The van der Waals surface area contributed by atoms with Gasteiger partial charge < -0.3 is 0 Å². The van der Waals surface area contributed by atoms with Gasteiger partial charge in [0.15, 0.2) is 0 Å². The lowest BCUT2D eigenvalue weighted by Crippen LogP contribution is -2.17. The quantitative estimate of drug-likeness (QED) is 0.596. The number of para-hydroxylation sites is 1. The molecule has 1 heterocycles. The van der Waals surface area contributed by atoms with Gasteiger partial charge in [0, 0.05) is 0 Å². The third kappa shape index (κ3) is 1.94. The lowest BCUT2D eigenvalue weighted by Gasteiger charge is -2.06. The Morgan fingerprint density at radius 2 is 1.52 bits per heavy atom. The van der Waals surface area contributed by atoms with Gasteiger partial charge in [0.2, 0.25) is 0 Å². The average molecular weight is 274 g/mol. The van der Waals surface area contributed by atoms with E-state index in [-0.39, 0.29) is 5.56 Å². The Bertz CT molecular complexity index is 989. The molecule has 0 amide bonds. The third-order valence-electron chi connectivity index (χ3n) is 3.87. The van der Waals surface area contributed by atoms with Crippen LogP contribution < -0.4 is 5.56 Å². The van der Waals surface area contributed by atoms with E-state index in [1.165, 1.54) is 10.8 Å². The number of aromatic amines is 1. The number of nitrogens with one attached hydrogen (secondary N) is 1. The van der Waals surface area contributed by atoms with Crippen molar-refractivity contribution in [3.63, 3.8) is 0 Å². The van der Waals surface area contributed by atoms with E-state index in [0.717, 1.165) is 16.5 Å². The number of aromatic nitrogens is 2. The van der Waals surface area contributed by atoms with Gasteiger partial charge in [-0.05, 0) is 28.5 Å². The van der Waals surface area contributed by atoms with Crippen LogP contribution in [0.5, 0.6) is 0 Å². The summed E-state index contributed by atoms with van der Waals surface area (Å²) in [5.41, 5.74) is 2.04. The molecule has 0 aliphatic heterocycles. The molecular weight excluding hydrogens is 260 g/mol. The molecule has 21 heavy (non-hydrogen) atoms. The second-order valence-electron chi connectivity index (χ2n) is 5.19. The van der Waals surface area contributed by atoms with Gasteiger partial charge in [-0.15, -0.1) is 0 Å². The second kappa shape index (κ2) is 4.63. The standard InChI is InChI=1S/C18H14N2O/c21-18-16-10-3-4-11-17(16)19-20(18)12-14-8-5-7-13-6-1-2-9-15(13)14/h1-11,19H,12H2. The first kappa shape index (κ1) is 12.0. The van der Waals surface area contributed by atoms with Crippen molar-refractivity contribution in [1.29, 1.82) is 0 Å². The molecule has 0 spiro atoms. The van der Waals surface area contributed by atoms with Crippen LogP contribution in [0.4, 0.5) is 0 Å². The van der Waals surface area contributed by atoms with Crippen molar-refractivity contribution in [3.8, 4) is 0 Å². The minimum Gasteiger partial charge on any atom is -0.295 e. The Hall–Kier alpha value is -2.81. The number of H-pyrrole nitrogens is 1. The summed E-state index contributed by atoms with van der Waals surface area (Å²) in [5.74, 6) is 0. The van der Waals surface area contributed by atoms with E-state index >= 15 is 0 Å². The summed E-state index contributed by atoms with van der Waals surface area (Å²) in [5, 5.41) is 6.29. The highest BCUT2D eigenvalue weighted by atomic mass is 16.1. The molecule has 102 valence electrons. The predicted octanol–water partition coefficient (Wildman–Crippen LogP) is 3.53. The van der Waals surface area contributed by atoms with E-state index in [1.807, 2.05) is 42.5 Å². The molecule has 0 radical (unpaired) electrons. The highest BCUT2D eigenvalue weighted by Gasteiger charge is 2.07. The minimum atomic E-state index is 0.0264. The number of fused-ring (bicyclic) bond motifs is 2. The smallest absolute Gasteiger partial charge is 0.274 e. The topological polar surface area (TPSA) is 37.8 Å². The summed E-state index contributed by atoms with van der Waals surface area (Å²) in [4.78, 5) is 12.4. The van der Waals surface area contributed by atoms with Crippen molar-refractivity contribution in [2.24, 2.45) is 0 Å². The fourth-order valence-electron chi connectivity index (χ4n) is 2.82. The van der Waals surface area contributed by atoms with Gasteiger partial charge in [-0.1, -0.05) is 54.6 Å². The molecule has 3 heteroatoms. The van der Waals surface area contributed by atoms with Crippen molar-refractivity contribution in [3.05, 3.63) is 82.6 Å². The number of rotatable bonds is 2. The fraction of sp³-hybridized carbons (Fsp3) is 0.0556. The van der Waals surface area contributed by atoms with E-state index < -0.39 is 0 Å². The van der Waals surface area contributed by atoms with E-state index in [9.17, 15) is 4.79 Å². The monoisotopic (exact) mass is 274 g/mol. The molecule has 4 aromatic rings. The van der Waals surface area contributed by atoms with Crippen LogP contribution >= 0.6 is 0 Å². The molecule has 0 fully saturated rings. The molecule has 1 N–H and O–H groups in total. The van der Waals surface area contributed by atoms with Crippen LogP contribution in [0.2, 0.25) is 0 Å². The van der Waals surface area contributed by atoms with Crippen LogP contribution in [0, 0.1) is 0 Å². The molecular formula is C18H14N2O. The zero-order valence-electron chi connectivity index (χ0n) is 11.4. The van der Waals surface area contributed by atoms with Gasteiger partial charge in [-0.25, -0.2) is 4.68 Å². The first-order chi connectivity index (χ1) is 10.3. The molecule has 0 saturated heterocycles. The first-order valence-corrected chi connectivity index (χ1v) is 6.97. The van der Waals surface area contributed by atoms with Crippen LogP contribution in [0.25, 0.3) is 21.7 Å². The number of hydrogen-bond acceptors (Lipinski definition) is 1. The summed E-state index contributed by atoms with van der Waals surface area (Å²) in [6, 6.07) is 22.0. The van der Waals surface area contributed by atoms with Crippen molar-refractivity contribution in [1.82, 2.24) is 9.78 Å². The predicted molar refractivity (Wildman–Crippen MR) is 85.6 cm³/mol. The molecule has 3 nitrogen and oxygen atoms in total. The van der Waals surface area contributed by atoms with Crippen LogP contribution in [-0.4, -0.2) is 9.78 Å². The summed E-state index contributed by atoms with van der Waals surface area (Å²) in [6.45, 7) is 0.550. The van der Waals surface area contributed by atoms with Gasteiger partial charge in [-0.3, -0.25) is 9.89 Å². The summed E-state index contributed by atoms with van der Waals surface area (Å²) < 4.78 is 1.67. The Labute approximate surface area is 121 Å². The van der Waals surface area contributed by atoms with Crippen LogP contribution in [0.15, 0.2) is 71.5 Å². The average Bonchev–Trinajstić information content (AvgIpc) is 2.85. The van der Waals surface area contributed by atoms with Gasteiger partial charge in [-0.2, -0.15) is 0 Å². The van der Waals surface area contributed by atoms with Gasteiger partial charge in [0.05, 0.1) is 17.4 Å². The minimum absolute atomic E-state index is 0.0264. The maximum absolute atomic E-state index is 12.4. The van der Waals surface area contributed by atoms with E-state index in [0.29, 0.717) is 6.54 Å². The Balaban J connectivity index is 1.87. The van der Waals surface area contributed by atoms with Crippen molar-refractivity contribution in [2.75, 3.05) is 0 Å². The van der Waals surface area contributed by atoms with Gasteiger partial charge in [0.25, 0.3) is 5.56 Å². The molecule has 0 bridgehead atoms. The fourth-order valence-corrected chi connectivity index (χ4v) is 2.82. The van der Waals surface area contributed by atoms with Crippen LogP contribution in [0.3, 0.4) is 0 Å². The van der Waals surface area contributed by atoms with Crippen molar-refractivity contribution in [2.45, 2.75) is 6.54 Å². The van der Waals surface area contributed by atoms with E-state index in [1.54, 1.807) is 4.68 Å². The van der Waals surface area contributed by atoms with Crippen LogP contribution in [-0.2, 0) is 6.54 Å². The van der Waals surface area contributed by atoms with E-state index in [2.05, 4.69) is 29.4 Å². The van der Waals surface area contributed by atoms with E-state index in [4.69, 9.17) is 0 Å². The lowest BCUT2D eigenvalue weighted by atomic mass is 10.0. The number of nitrogens with zero attached hydrogens (tertiary/aromatic N) is 1. The van der Waals surface area contributed by atoms with Crippen molar-refractivity contribution >= 4 is 21.7 Å².